The molecule has 0 spiro atoms. The largest absolute Gasteiger partial charge is 0.508 e. The molecule has 36 heavy (non-hydrogen) atoms. The third kappa shape index (κ3) is 3.30. The van der Waals surface area contributed by atoms with Crippen LogP contribution < -0.4 is 0 Å². The molecule has 0 radical (unpaired) electrons. The van der Waals surface area contributed by atoms with E-state index in [0.717, 1.165) is 0 Å². The number of Topliss-reactive ketones (excluding diaryl/α,β-unsaturated/α-hetero) is 1. The molecule has 5 aliphatic rings. The van der Waals surface area contributed by atoms with Crippen molar-refractivity contribution >= 4 is 11.8 Å². The predicted molar refractivity (Wildman–Crippen MR) is 116 cm³/mol. The summed E-state index contributed by atoms with van der Waals surface area (Å²) in [4.78, 5) is 25.9. The highest BCUT2D eigenvalue weighted by atomic mass is 16.8. The van der Waals surface area contributed by atoms with E-state index >= 15 is 0 Å². The van der Waals surface area contributed by atoms with Gasteiger partial charge in [-0.15, -0.1) is 0 Å². The Labute approximate surface area is 206 Å². The molecule has 198 valence electrons. The number of phenols is 1. The maximum Gasteiger partial charge on any atom is 0.338 e. The minimum absolute atomic E-state index is 0.0180. The number of esters is 1. The van der Waals surface area contributed by atoms with Crippen LogP contribution in [0.2, 0.25) is 0 Å². The first-order valence-electron chi connectivity index (χ1n) is 11.7. The van der Waals surface area contributed by atoms with E-state index in [4.69, 9.17) is 23.7 Å². The first-order valence-corrected chi connectivity index (χ1v) is 11.7. The first kappa shape index (κ1) is 25.5. The smallest absolute Gasteiger partial charge is 0.338 e. The second kappa shape index (κ2) is 8.71. The van der Waals surface area contributed by atoms with Crippen LogP contribution in [0.5, 0.6) is 5.75 Å². The summed E-state index contributed by atoms with van der Waals surface area (Å²) in [6, 6.07) is 5.47. The molecule has 3 saturated carbocycles. The molecule has 3 aliphatic carbocycles. The van der Waals surface area contributed by atoms with E-state index in [1.54, 1.807) is 6.92 Å². The Hall–Kier alpha value is -2.16. The highest BCUT2D eigenvalue weighted by Crippen LogP contribution is 2.74. The monoisotopic (exact) mass is 510 g/mol. The Balaban J connectivity index is 1.48. The first-order chi connectivity index (χ1) is 17.0. The number of aliphatic hydroxyl groups is 4. The van der Waals surface area contributed by atoms with E-state index in [2.05, 4.69) is 0 Å². The number of phenolic OH excluding ortho intramolecular Hbond substituents is 1. The number of ketones is 1. The topological polar surface area (TPSA) is 181 Å². The number of methoxy groups -OCH3 is 1. The van der Waals surface area contributed by atoms with E-state index in [-0.39, 0.29) is 36.5 Å². The van der Waals surface area contributed by atoms with Crippen LogP contribution in [0.25, 0.3) is 0 Å². The van der Waals surface area contributed by atoms with Gasteiger partial charge in [0.15, 0.2) is 12.6 Å². The summed E-state index contributed by atoms with van der Waals surface area (Å²) in [6.07, 6.45) is -8.46. The molecule has 0 unspecified atom stereocenters. The van der Waals surface area contributed by atoms with Crippen molar-refractivity contribution in [1.82, 2.24) is 0 Å². The second-order valence-electron chi connectivity index (χ2n) is 10.1. The Morgan fingerprint density at radius 3 is 2.47 bits per heavy atom. The normalized spacial score (nSPS) is 45.3. The number of benzene rings is 1. The number of hydrogen-bond acceptors (Lipinski definition) is 12. The number of rotatable bonds is 7. The summed E-state index contributed by atoms with van der Waals surface area (Å²) in [6.45, 7) is 0.706. The highest BCUT2D eigenvalue weighted by Gasteiger charge is 2.87. The summed E-state index contributed by atoms with van der Waals surface area (Å²) in [7, 11) is 1.39. The van der Waals surface area contributed by atoms with E-state index in [0.29, 0.717) is 0 Å². The molecular weight excluding hydrogens is 480 g/mol. The minimum Gasteiger partial charge on any atom is -0.508 e. The van der Waals surface area contributed by atoms with Crippen molar-refractivity contribution in [2.45, 2.75) is 68.0 Å². The number of fused-ring (bicyclic) bond motifs is 1. The standard InChI is InChI=1S/C24H30O12/c1-22-8-14(27)13-7-24(22,35-20-18(30)17(29)16(28)15(9-25)34-20)23(13,21(32-2)36-22)10-33-19(31)11-3-5-12(26)6-4-11/h3-6,13,15-18,20-21,25-26,28-30H,7-10H2,1-2H3/t13-,15+,16+,17-,18+,20-,21-,22-,23-,24-/m0/s1. The quantitative estimate of drug-likeness (QED) is 0.278. The average molecular weight is 510 g/mol. The number of ether oxygens (including phenoxy) is 5. The fraction of sp³-hybridized carbons (Fsp3) is 0.667. The molecule has 2 aliphatic heterocycles. The maximum atomic E-state index is 13.1. The van der Waals surface area contributed by atoms with Crippen LogP contribution in [-0.4, -0.2) is 106 Å². The summed E-state index contributed by atoms with van der Waals surface area (Å²) in [5.41, 5.74) is -3.69. The highest BCUT2D eigenvalue weighted by molar-refractivity contribution is 5.90. The molecule has 6 rings (SSSR count). The van der Waals surface area contributed by atoms with Gasteiger partial charge in [0.25, 0.3) is 0 Å². The third-order valence-electron chi connectivity index (χ3n) is 8.33. The molecule has 10 atom stereocenters. The van der Waals surface area contributed by atoms with Gasteiger partial charge in [0.2, 0.25) is 0 Å². The van der Waals surface area contributed by atoms with Crippen LogP contribution in [0.1, 0.15) is 30.1 Å². The molecule has 2 heterocycles. The number of carbonyl (C=O) groups is 2. The fourth-order valence-corrected chi connectivity index (χ4v) is 6.41. The van der Waals surface area contributed by atoms with E-state index in [1.807, 2.05) is 0 Å². The summed E-state index contributed by atoms with van der Waals surface area (Å²) in [5, 5.41) is 50.1. The van der Waals surface area contributed by atoms with Crippen LogP contribution in [-0.2, 0) is 28.5 Å². The Morgan fingerprint density at radius 2 is 1.83 bits per heavy atom. The summed E-state index contributed by atoms with van der Waals surface area (Å²) in [5.74, 6) is -1.48. The lowest BCUT2D eigenvalue weighted by atomic mass is 9.41. The molecule has 2 saturated heterocycles. The number of aromatic hydroxyl groups is 1. The van der Waals surface area contributed by atoms with Gasteiger partial charge in [-0.3, -0.25) is 4.79 Å². The molecule has 1 aromatic rings. The number of hydrogen-bond donors (Lipinski definition) is 5. The van der Waals surface area contributed by atoms with E-state index < -0.39 is 72.1 Å². The van der Waals surface area contributed by atoms with Crippen LogP contribution in [0.15, 0.2) is 24.3 Å². The Kier molecular flexibility index (Phi) is 6.16. The van der Waals surface area contributed by atoms with Gasteiger partial charge in [0.05, 0.1) is 17.6 Å². The number of carbonyl (C=O) groups excluding carboxylic acids is 2. The molecular formula is C24H30O12. The van der Waals surface area contributed by atoms with Crippen molar-refractivity contribution in [3.8, 4) is 5.75 Å². The summed E-state index contributed by atoms with van der Waals surface area (Å²) < 4.78 is 29.4. The van der Waals surface area contributed by atoms with Gasteiger partial charge in [-0.2, -0.15) is 0 Å². The minimum atomic E-state index is -1.67. The molecule has 4 bridgehead atoms. The maximum absolute atomic E-state index is 13.1. The van der Waals surface area contributed by atoms with Crippen molar-refractivity contribution in [3.05, 3.63) is 29.8 Å². The molecule has 12 nitrogen and oxygen atoms in total. The van der Waals surface area contributed by atoms with Crippen molar-refractivity contribution in [3.63, 3.8) is 0 Å². The van der Waals surface area contributed by atoms with Crippen LogP contribution in [0.3, 0.4) is 0 Å². The van der Waals surface area contributed by atoms with Gasteiger partial charge in [-0.25, -0.2) is 4.79 Å². The van der Waals surface area contributed by atoms with Crippen LogP contribution in [0.4, 0.5) is 0 Å². The van der Waals surface area contributed by atoms with E-state index in [1.165, 1.54) is 31.4 Å². The zero-order valence-corrected chi connectivity index (χ0v) is 19.8. The van der Waals surface area contributed by atoms with Crippen molar-refractivity contribution in [2.75, 3.05) is 20.3 Å². The zero-order chi connectivity index (χ0) is 26.0. The molecule has 0 aromatic heterocycles. The van der Waals surface area contributed by atoms with Crippen molar-refractivity contribution in [2.24, 2.45) is 11.3 Å². The number of aliphatic hydroxyl groups excluding tert-OH is 4. The van der Waals surface area contributed by atoms with Crippen LogP contribution in [0, 0.1) is 11.3 Å². The lowest BCUT2D eigenvalue weighted by Gasteiger charge is -2.66. The fourth-order valence-electron chi connectivity index (χ4n) is 6.41. The zero-order valence-electron chi connectivity index (χ0n) is 19.8. The lowest BCUT2D eigenvalue weighted by molar-refractivity contribution is -0.381. The molecule has 12 heteroatoms. The summed E-state index contributed by atoms with van der Waals surface area (Å²) >= 11 is 0. The SMILES string of the molecule is CO[C@H]1O[C@@]2(C)CC(=O)[C@@H]3C[C@@]2(O[C@@H]2O[C@H](CO)[C@@H](O)[C@H](O)[C@H]2O)[C@]13COC(=O)c1ccc(O)cc1. The van der Waals surface area contributed by atoms with Gasteiger partial charge in [-0.05, 0) is 37.6 Å². The molecule has 1 aromatic carbocycles. The van der Waals surface area contributed by atoms with E-state index in [9.17, 15) is 35.1 Å². The van der Waals surface area contributed by atoms with Crippen LogP contribution >= 0.6 is 0 Å². The van der Waals surface area contributed by atoms with Gasteiger partial charge in [0, 0.05) is 19.4 Å². The van der Waals surface area contributed by atoms with Crippen molar-refractivity contribution < 1.29 is 58.8 Å². The van der Waals surface area contributed by atoms with Gasteiger partial charge >= 0.3 is 5.97 Å². The predicted octanol–water partition coefficient (Wildman–Crippen LogP) is -1.16. The van der Waals surface area contributed by atoms with Gasteiger partial charge in [0.1, 0.15) is 53.8 Å². The lowest BCUT2D eigenvalue weighted by Crippen LogP contribution is -2.80. The second-order valence-corrected chi connectivity index (χ2v) is 10.1. The van der Waals surface area contributed by atoms with Crippen molar-refractivity contribution in [1.29, 1.82) is 0 Å². The molecule has 0 amide bonds. The molecule has 5 fully saturated rings. The van der Waals surface area contributed by atoms with Gasteiger partial charge < -0.3 is 49.2 Å². The Bertz CT molecular complexity index is 1030. The molecule has 5 N–H and O–H groups in total. The third-order valence-corrected chi connectivity index (χ3v) is 8.33. The average Bonchev–Trinajstić information content (AvgIpc) is 2.93. The van der Waals surface area contributed by atoms with Gasteiger partial charge in [-0.1, -0.05) is 0 Å². The Morgan fingerprint density at radius 1 is 1.14 bits per heavy atom.